The molecule has 2 aliphatic rings. The topological polar surface area (TPSA) is 41.1 Å². The van der Waals surface area contributed by atoms with E-state index in [0.717, 1.165) is 24.5 Å². The van der Waals surface area contributed by atoms with Crippen molar-refractivity contribution in [3.63, 3.8) is 0 Å². The maximum absolute atomic E-state index is 12.3. The lowest BCUT2D eigenvalue weighted by Crippen LogP contribution is -2.44. The Hall–Kier alpha value is -0.710. The van der Waals surface area contributed by atoms with Crippen molar-refractivity contribution >= 4 is 30.1 Å². The Morgan fingerprint density at radius 1 is 1.27 bits per heavy atom. The lowest BCUT2D eigenvalue weighted by Gasteiger charge is -2.25. The van der Waals surface area contributed by atoms with Crippen molar-refractivity contribution in [3.05, 3.63) is 35.9 Å². The second kappa shape index (κ2) is 8.80. The van der Waals surface area contributed by atoms with Crippen LogP contribution < -0.4 is 10.6 Å². The molecule has 1 saturated carbocycles. The smallest absolute Gasteiger partial charge is 0.221 e. The normalized spacial score (nSPS) is 27.9. The number of rotatable bonds is 4. The summed E-state index contributed by atoms with van der Waals surface area (Å²) >= 11 is 1.94. The number of nitrogens with one attached hydrogen (secondary N) is 2. The van der Waals surface area contributed by atoms with E-state index in [1.165, 1.54) is 18.4 Å². The Kier molecular flexibility index (Phi) is 7.06. The Labute approximate surface area is 143 Å². The Morgan fingerprint density at radius 3 is 2.82 bits per heavy atom. The second-order valence-electron chi connectivity index (χ2n) is 6.05. The van der Waals surface area contributed by atoms with E-state index in [9.17, 15) is 4.79 Å². The van der Waals surface area contributed by atoms with Crippen molar-refractivity contribution in [2.24, 2.45) is 0 Å². The minimum atomic E-state index is 0. The van der Waals surface area contributed by atoms with Crippen LogP contribution in [0.5, 0.6) is 0 Å². The molecule has 3 atom stereocenters. The highest BCUT2D eigenvalue weighted by Gasteiger charge is 2.30. The average Bonchev–Trinajstić information content (AvgIpc) is 2.97. The molecule has 1 aromatic rings. The molecule has 1 saturated heterocycles. The van der Waals surface area contributed by atoms with Crippen LogP contribution in [0.15, 0.2) is 30.3 Å². The van der Waals surface area contributed by atoms with Crippen molar-refractivity contribution in [1.29, 1.82) is 0 Å². The zero-order chi connectivity index (χ0) is 14.5. The highest BCUT2D eigenvalue weighted by molar-refractivity contribution is 7.99. The number of amides is 1. The van der Waals surface area contributed by atoms with Crippen molar-refractivity contribution in [2.45, 2.75) is 43.7 Å². The summed E-state index contributed by atoms with van der Waals surface area (Å²) in [5.41, 5.74) is 1.37. The molecule has 22 heavy (non-hydrogen) atoms. The number of carbonyl (C=O) groups excluding carboxylic acids is 1. The van der Waals surface area contributed by atoms with Gasteiger partial charge in [0.25, 0.3) is 0 Å². The van der Waals surface area contributed by atoms with Crippen molar-refractivity contribution in [1.82, 2.24) is 10.6 Å². The van der Waals surface area contributed by atoms with Crippen LogP contribution in [0.2, 0.25) is 0 Å². The van der Waals surface area contributed by atoms with Gasteiger partial charge in [-0.15, -0.1) is 12.4 Å². The lowest BCUT2D eigenvalue weighted by atomic mass is 9.94. The summed E-state index contributed by atoms with van der Waals surface area (Å²) in [6, 6.07) is 11.3. The van der Waals surface area contributed by atoms with Crippen LogP contribution in [0.4, 0.5) is 0 Å². The maximum Gasteiger partial charge on any atom is 0.221 e. The van der Waals surface area contributed by atoms with Crippen LogP contribution in [0, 0.1) is 0 Å². The highest BCUT2D eigenvalue weighted by atomic mass is 35.5. The summed E-state index contributed by atoms with van der Waals surface area (Å²) in [6.45, 7) is 1.03. The molecule has 1 aliphatic carbocycles. The van der Waals surface area contributed by atoms with Gasteiger partial charge in [-0.1, -0.05) is 36.8 Å². The number of halogens is 1. The molecule has 1 heterocycles. The van der Waals surface area contributed by atoms with Crippen LogP contribution in [-0.4, -0.2) is 36.0 Å². The summed E-state index contributed by atoms with van der Waals surface area (Å²) in [6.07, 6.45) is 4.12. The molecule has 1 aromatic carbocycles. The number of hydrogen-bond acceptors (Lipinski definition) is 3. The number of benzene rings is 1. The van der Waals surface area contributed by atoms with E-state index in [0.29, 0.717) is 24.4 Å². The molecule has 0 aromatic heterocycles. The van der Waals surface area contributed by atoms with Gasteiger partial charge >= 0.3 is 0 Å². The van der Waals surface area contributed by atoms with Gasteiger partial charge in [-0.3, -0.25) is 4.79 Å². The largest absolute Gasteiger partial charge is 0.353 e. The van der Waals surface area contributed by atoms with Gasteiger partial charge in [0.2, 0.25) is 5.91 Å². The van der Waals surface area contributed by atoms with Gasteiger partial charge in [0.1, 0.15) is 0 Å². The van der Waals surface area contributed by atoms with Crippen molar-refractivity contribution in [3.8, 4) is 0 Å². The number of hydrogen-bond donors (Lipinski definition) is 2. The predicted octanol–water partition coefficient (Wildman–Crippen LogP) is 2.96. The molecule has 1 aliphatic heterocycles. The first kappa shape index (κ1) is 17.6. The average molecular weight is 341 g/mol. The molecule has 1 amide bonds. The zero-order valence-electron chi connectivity index (χ0n) is 12.8. The number of thioether (sulfide) groups is 1. The third-order valence-corrected chi connectivity index (χ3v) is 5.65. The van der Waals surface area contributed by atoms with Crippen LogP contribution in [0.25, 0.3) is 0 Å². The third kappa shape index (κ3) is 4.64. The molecule has 3 rings (SSSR count). The quantitative estimate of drug-likeness (QED) is 0.885. The molecule has 3 nitrogen and oxygen atoms in total. The van der Waals surface area contributed by atoms with E-state index in [1.54, 1.807) is 0 Å². The van der Waals surface area contributed by atoms with Gasteiger partial charge in [-0.25, -0.2) is 0 Å². The Bertz CT molecular complexity index is 465. The first-order valence-electron chi connectivity index (χ1n) is 7.98. The Morgan fingerprint density at radius 2 is 2.09 bits per heavy atom. The maximum atomic E-state index is 12.3. The summed E-state index contributed by atoms with van der Waals surface area (Å²) in [5, 5.41) is 6.72. The van der Waals surface area contributed by atoms with Gasteiger partial charge in [-0.05, 0) is 18.4 Å². The monoisotopic (exact) mass is 340 g/mol. The lowest BCUT2D eigenvalue weighted by molar-refractivity contribution is -0.122. The van der Waals surface area contributed by atoms with Gasteiger partial charge < -0.3 is 10.6 Å². The van der Waals surface area contributed by atoms with Gasteiger partial charge in [0.05, 0.1) is 0 Å². The minimum Gasteiger partial charge on any atom is -0.353 e. The van der Waals surface area contributed by atoms with Gasteiger partial charge in [0.15, 0.2) is 0 Å². The molecule has 122 valence electrons. The van der Waals surface area contributed by atoms with Gasteiger partial charge in [0, 0.05) is 42.5 Å². The highest BCUT2D eigenvalue weighted by Crippen LogP contribution is 2.34. The van der Waals surface area contributed by atoms with Crippen molar-refractivity contribution in [2.75, 3.05) is 18.1 Å². The second-order valence-corrected chi connectivity index (χ2v) is 7.20. The fourth-order valence-electron chi connectivity index (χ4n) is 3.47. The summed E-state index contributed by atoms with van der Waals surface area (Å²) in [7, 11) is 0. The molecule has 3 unspecified atom stereocenters. The molecule has 0 radical (unpaired) electrons. The Balaban J connectivity index is 0.00000176. The van der Waals surface area contributed by atoms with E-state index >= 15 is 0 Å². The molecule has 5 heteroatoms. The van der Waals surface area contributed by atoms with Crippen molar-refractivity contribution < 1.29 is 4.79 Å². The molecule has 0 spiro atoms. The third-order valence-electron chi connectivity index (χ3n) is 4.52. The molecular weight excluding hydrogens is 316 g/mol. The van der Waals surface area contributed by atoms with Gasteiger partial charge in [-0.2, -0.15) is 11.8 Å². The summed E-state index contributed by atoms with van der Waals surface area (Å²) in [5.74, 6) is 2.92. The molecular formula is C17H25ClN2OS. The fourth-order valence-corrected chi connectivity index (χ4v) is 4.42. The molecule has 0 bridgehead atoms. The SMILES string of the molecule is Cl.O=C(CC1CSCCN1)NC1CCCC1c1ccccc1. The standard InChI is InChI=1S/C17H24N2OS.ClH/c20-17(11-14-12-21-10-9-18-14)19-16-8-4-7-15(16)13-5-2-1-3-6-13;/h1-3,5-6,14-16,18H,4,7-12H2,(H,19,20);1H. The van der Waals surface area contributed by atoms with Crippen LogP contribution in [0.1, 0.15) is 37.2 Å². The van der Waals surface area contributed by atoms with Crippen LogP contribution >= 0.6 is 24.2 Å². The summed E-state index contributed by atoms with van der Waals surface area (Å²) in [4.78, 5) is 12.3. The first-order valence-corrected chi connectivity index (χ1v) is 9.14. The van der Waals surface area contributed by atoms with E-state index in [4.69, 9.17) is 0 Å². The summed E-state index contributed by atoms with van der Waals surface area (Å²) < 4.78 is 0. The van der Waals surface area contributed by atoms with Crippen LogP contribution in [-0.2, 0) is 4.79 Å². The molecule has 2 fully saturated rings. The number of carbonyl (C=O) groups is 1. The fraction of sp³-hybridized carbons (Fsp3) is 0.588. The van der Waals surface area contributed by atoms with Crippen LogP contribution in [0.3, 0.4) is 0 Å². The van der Waals surface area contributed by atoms with E-state index in [2.05, 4.69) is 41.0 Å². The van der Waals surface area contributed by atoms with E-state index in [-0.39, 0.29) is 18.3 Å². The zero-order valence-corrected chi connectivity index (χ0v) is 14.4. The minimum absolute atomic E-state index is 0. The van der Waals surface area contributed by atoms with E-state index in [1.807, 2.05) is 11.8 Å². The predicted molar refractivity (Wildman–Crippen MR) is 95.9 cm³/mol. The van der Waals surface area contributed by atoms with E-state index < -0.39 is 0 Å². The molecule has 2 N–H and O–H groups in total. The first-order chi connectivity index (χ1) is 10.3.